The van der Waals surface area contributed by atoms with E-state index in [9.17, 15) is 13.2 Å². The van der Waals surface area contributed by atoms with Crippen molar-refractivity contribution in [2.45, 2.75) is 51.3 Å². The second kappa shape index (κ2) is 6.31. The Labute approximate surface area is 149 Å². The summed E-state index contributed by atoms with van der Waals surface area (Å²) < 4.78 is 40.7. The summed E-state index contributed by atoms with van der Waals surface area (Å²) in [5.74, 6) is 2.05. The van der Waals surface area contributed by atoms with Crippen molar-refractivity contribution in [2.24, 2.45) is 11.8 Å². The van der Waals surface area contributed by atoms with Crippen molar-refractivity contribution >= 4 is 11.3 Å². The lowest BCUT2D eigenvalue weighted by molar-refractivity contribution is -0.274. The molecule has 1 aromatic heterocycles. The number of nitrogens with zero attached hydrogens (tertiary/aromatic N) is 1. The van der Waals surface area contributed by atoms with Crippen LogP contribution in [-0.2, 0) is 0 Å². The maximum absolute atomic E-state index is 12.3. The third-order valence-electron chi connectivity index (χ3n) is 5.44. The number of rotatable bonds is 3. The Morgan fingerprint density at radius 1 is 1.04 bits per heavy atom. The van der Waals surface area contributed by atoms with Crippen molar-refractivity contribution in [1.82, 2.24) is 4.98 Å². The normalized spacial score (nSPS) is 26.0. The first-order chi connectivity index (χ1) is 11.9. The lowest BCUT2D eigenvalue weighted by Gasteiger charge is -2.26. The minimum Gasteiger partial charge on any atom is -0.406 e. The molecule has 1 heterocycles. The maximum atomic E-state index is 12.3. The van der Waals surface area contributed by atoms with Gasteiger partial charge < -0.3 is 4.74 Å². The van der Waals surface area contributed by atoms with Crippen LogP contribution in [0.2, 0.25) is 0 Å². The second-order valence-electron chi connectivity index (χ2n) is 7.25. The number of aryl methyl sites for hydroxylation is 1. The Balaban J connectivity index is 1.54. The summed E-state index contributed by atoms with van der Waals surface area (Å²) in [6.07, 6.45) is 1.91. The fourth-order valence-corrected chi connectivity index (χ4v) is 5.45. The van der Waals surface area contributed by atoms with Crippen molar-refractivity contribution in [3.8, 4) is 16.3 Å². The topological polar surface area (TPSA) is 22.1 Å². The molecular weight excluding hydrogens is 347 g/mol. The highest BCUT2D eigenvalue weighted by molar-refractivity contribution is 7.15. The molecule has 2 aliphatic carbocycles. The Kier molecular flexibility index (Phi) is 4.26. The van der Waals surface area contributed by atoms with E-state index in [1.807, 2.05) is 0 Å². The van der Waals surface area contributed by atoms with Crippen LogP contribution >= 0.6 is 11.3 Å². The van der Waals surface area contributed by atoms with Crippen LogP contribution in [0.4, 0.5) is 13.2 Å². The molecule has 25 heavy (non-hydrogen) atoms. The van der Waals surface area contributed by atoms with Gasteiger partial charge in [0.2, 0.25) is 0 Å². The van der Waals surface area contributed by atoms with Gasteiger partial charge in [-0.25, -0.2) is 4.98 Å². The van der Waals surface area contributed by atoms with Gasteiger partial charge in [0, 0.05) is 16.4 Å². The first-order valence-electron chi connectivity index (χ1n) is 8.71. The van der Waals surface area contributed by atoms with Gasteiger partial charge in [-0.05, 0) is 62.3 Å². The van der Waals surface area contributed by atoms with E-state index in [0.29, 0.717) is 5.92 Å². The van der Waals surface area contributed by atoms with Crippen molar-refractivity contribution < 1.29 is 17.9 Å². The number of ether oxygens (including phenoxy) is 1. The smallest absolute Gasteiger partial charge is 0.406 e. The lowest BCUT2D eigenvalue weighted by Crippen LogP contribution is -2.16. The van der Waals surface area contributed by atoms with E-state index in [1.54, 1.807) is 23.5 Å². The summed E-state index contributed by atoms with van der Waals surface area (Å²) in [5.41, 5.74) is 2.04. The molecule has 2 saturated carbocycles. The maximum Gasteiger partial charge on any atom is 0.573 e. The van der Waals surface area contributed by atoms with Gasteiger partial charge in [0.15, 0.2) is 0 Å². The molecule has 2 bridgehead atoms. The molecule has 2 aliphatic rings. The number of aromatic nitrogens is 1. The number of thiazole rings is 1. The standard InChI is InChI=1S/C19H20F3NOS/c1-11-17(15-9-12-2-3-13(8-12)10-15)23-18(25-11)14-4-6-16(7-5-14)24-19(20,21)22/h4-7,12-13,15H,2-3,8-10H2,1H3. The van der Waals surface area contributed by atoms with Gasteiger partial charge in [-0.2, -0.15) is 0 Å². The fourth-order valence-electron chi connectivity index (χ4n) is 4.44. The van der Waals surface area contributed by atoms with E-state index in [1.165, 1.54) is 54.8 Å². The van der Waals surface area contributed by atoms with Gasteiger partial charge in [-0.15, -0.1) is 24.5 Å². The molecule has 0 spiro atoms. The Morgan fingerprint density at radius 2 is 1.68 bits per heavy atom. The number of benzene rings is 1. The van der Waals surface area contributed by atoms with Crippen LogP contribution in [0.1, 0.15) is 48.6 Å². The molecule has 2 aromatic rings. The molecular formula is C19H20F3NOS. The van der Waals surface area contributed by atoms with Crippen LogP contribution in [0, 0.1) is 18.8 Å². The van der Waals surface area contributed by atoms with E-state index in [2.05, 4.69) is 11.7 Å². The van der Waals surface area contributed by atoms with Crippen LogP contribution in [0.15, 0.2) is 24.3 Å². The Morgan fingerprint density at radius 3 is 2.28 bits per heavy atom. The molecule has 2 fully saturated rings. The molecule has 1 aromatic carbocycles. The van der Waals surface area contributed by atoms with Crippen molar-refractivity contribution in [2.75, 3.05) is 0 Å². The quantitative estimate of drug-likeness (QED) is 0.634. The van der Waals surface area contributed by atoms with Crippen LogP contribution in [0.3, 0.4) is 0 Å². The van der Waals surface area contributed by atoms with Crippen LogP contribution < -0.4 is 4.74 Å². The molecule has 0 aliphatic heterocycles. The SMILES string of the molecule is Cc1sc(-c2ccc(OC(F)(F)F)cc2)nc1C1CC2CCC(C2)C1. The van der Waals surface area contributed by atoms with Crippen molar-refractivity contribution in [3.63, 3.8) is 0 Å². The predicted octanol–water partition coefficient (Wildman–Crippen LogP) is 6.31. The van der Waals surface area contributed by atoms with Crippen LogP contribution in [-0.4, -0.2) is 11.3 Å². The van der Waals surface area contributed by atoms with E-state index in [4.69, 9.17) is 4.98 Å². The third-order valence-corrected chi connectivity index (χ3v) is 6.48. The molecule has 2 unspecified atom stereocenters. The number of hydrogen-bond donors (Lipinski definition) is 0. The predicted molar refractivity (Wildman–Crippen MR) is 91.8 cm³/mol. The molecule has 6 heteroatoms. The molecule has 134 valence electrons. The summed E-state index contributed by atoms with van der Waals surface area (Å²) in [6.45, 7) is 2.11. The van der Waals surface area contributed by atoms with Gasteiger partial charge in [0.25, 0.3) is 0 Å². The summed E-state index contributed by atoms with van der Waals surface area (Å²) in [5, 5.41) is 0.879. The number of halogens is 3. The van der Waals surface area contributed by atoms with Gasteiger partial charge in [-0.1, -0.05) is 12.8 Å². The average Bonchev–Trinajstić information content (AvgIpc) is 3.09. The monoisotopic (exact) mass is 367 g/mol. The lowest BCUT2D eigenvalue weighted by atomic mass is 9.79. The summed E-state index contributed by atoms with van der Waals surface area (Å²) >= 11 is 1.63. The molecule has 0 amide bonds. The number of hydrogen-bond acceptors (Lipinski definition) is 3. The minimum atomic E-state index is -4.66. The van der Waals surface area contributed by atoms with Gasteiger partial charge in [0.05, 0.1) is 5.69 Å². The zero-order valence-corrected chi connectivity index (χ0v) is 14.8. The zero-order valence-electron chi connectivity index (χ0n) is 14.0. The highest BCUT2D eigenvalue weighted by atomic mass is 32.1. The molecule has 0 radical (unpaired) electrons. The summed E-state index contributed by atoms with van der Waals surface area (Å²) in [7, 11) is 0. The first kappa shape index (κ1) is 16.9. The molecule has 2 atom stereocenters. The second-order valence-corrected chi connectivity index (χ2v) is 8.45. The fraction of sp³-hybridized carbons (Fsp3) is 0.526. The third kappa shape index (κ3) is 3.68. The molecule has 2 nitrogen and oxygen atoms in total. The average molecular weight is 367 g/mol. The van der Waals surface area contributed by atoms with Gasteiger partial charge in [0.1, 0.15) is 10.8 Å². The number of alkyl halides is 3. The van der Waals surface area contributed by atoms with Crippen LogP contribution in [0.5, 0.6) is 5.75 Å². The van der Waals surface area contributed by atoms with Crippen LogP contribution in [0.25, 0.3) is 10.6 Å². The van der Waals surface area contributed by atoms with E-state index >= 15 is 0 Å². The van der Waals surface area contributed by atoms with Gasteiger partial charge in [-0.3, -0.25) is 0 Å². The van der Waals surface area contributed by atoms with E-state index in [0.717, 1.165) is 22.4 Å². The number of fused-ring (bicyclic) bond motifs is 2. The zero-order chi connectivity index (χ0) is 17.6. The molecule has 0 saturated heterocycles. The van der Waals surface area contributed by atoms with Crippen molar-refractivity contribution in [1.29, 1.82) is 0 Å². The first-order valence-corrected chi connectivity index (χ1v) is 9.52. The summed E-state index contributed by atoms with van der Waals surface area (Å²) in [6, 6.07) is 5.99. The summed E-state index contributed by atoms with van der Waals surface area (Å²) in [4.78, 5) is 6.09. The molecule has 4 rings (SSSR count). The van der Waals surface area contributed by atoms with E-state index in [-0.39, 0.29) is 5.75 Å². The largest absolute Gasteiger partial charge is 0.573 e. The molecule has 0 N–H and O–H groups in total. The highest BCUT2D eigenvalue weighted by Crippen LogP contribution is 2.49. The Bertz CT molecular complexity index is 741. The highest BCUT2D eigenvalue weighted by Gasteiger charge is 2.36. The minimum absolute atomic E-state index is 0.200. The van der Waals surface area contributed by atoms with E-state index < -0.39 is 6.36 Å². The van der Waals surface area contributed by atoms with Crippen molar-refractivity contribution in [3.05, 3.63) is 34.8 Å². The van der Waals surface area contributed by atoms with Gasteiger partial charge >= 0.3 is 6.36 Å². The Hall–Kier alpha value is -1.56.